The van der Waals surface area contributed by atoms with Crippen LogP contribution in [0.15, 0.2) is 72.8 Å². The smallest absolute Gasteiger partial charge is 0.343 e. The quantitative estimate of drug-likeness (QED) is 0.116. The van der Waals surface area contributed by atoms with Crippen molar-refractivity contribution in [1.82, 2.24) is 0 Å². The van der Waals surface area contributed by atoms with E-state index in [1.54, 1.807) is 0 Å². The molecule has 3 nitrogen and oxygen atoms in total. The molecule has 0 radical (unpaired) electrons. The summed E-state index contributed by atoms with van der Waals surface area (Å²) in [5.41, 5.74) is 4.02. The van der Waals surface area contributed by atoms with Crippen molar-refractivity contribution < 1.29 is 14.3 Å². The first kappa shape index (κ1) is 29.9. The summed E-state index contributed by atoms with van der Waals surface area (Å²) in [5, 5.41) is 0. The number of ether oxygens (including phenoxy) is 2. The van der Waals surface area contributed by atoms with Gasteiger partial charge in [-0.3, -0.25) is 0 Å². The molecule has 0 aromatic heterocycles. The fourth-order valence-electron chi connectivity index (χ4n) is 5.65. The Morgan fingerprint density at radius 1 is 0.750 bits per heavy atom. The summed E-state index contributed by atoms with van der Waals surface area (Å²) in [7, 11) is 0. The van der Waals surface area contributed by atoms with E-state index >= 15 is 0 Å². The van der Waals surface area contributed by atoms with Crippen molar-refractivity contribution in [1.29, 1.82) is 0 Å². The van der Waals surface area contributed by atoms with Gasteiger partial charge >= 0.3 is 5.97 Å². The molecule has 0 heterocycles. The number of hydrogen-bond donors (Lipinski definition) is 0. The Morgan fingerprint density at radius 2 is 1.32 bits per heavy atom. The molecule has 40 heavy (non-hydrogen) atoms. The maximum absolute atomic E-state index is 12.7. The van der Waals surface area contributed by atoms with Gasteiger partial charge in [-0.25, -0.2) is 4.79 Å². The van der Waals surface area contributed by atoms with Gasteiger partial charge in [-0.05, 0) is 83.7 Å². The number of carbonyl (C=O) groups is 1. The highest BCUT2D eigenvalue weighted by Gasteiger charge is 2.20. The van der Waals surface area contributed by atoms with Crippen molar-refractivity contribution in [2.45, 2.75) is 91.4 Å². The van der Waals surface area contributed by atoms with Crippen LogP contribution < -0.4 is 9.47 Å². The third-order valence-corrected chi connectivity index (χ3v) is 8.70. The van der Waals surface area contributed by atoms with Crippen LogP contribution in [0, 0.1) is 17.8 Å². The number of aryl methyl sites for hydroxylation is 1. The molecule has 1 aliphatic rings. The fraction of sp³-hybridized carbons (Fsp3) is 0.486. The molecule has 0 N–H and O–H groups in total. The minimum Gasteiger partial charge on any atom is -0.493 e. The van der Waals surface area contributed by atoms with Crippen molar-refractivity contribution in [3.05, 3.63) is 83.9 Å². The molecule has 1 aliphatic carbocycles. The number of unbranched alkanes of at least 4 members (excludes halogenated alkanes) is 2. The highest BCUT2D eigenvalue weighted by molar-refractivity contribution is 5.91. The predicted molar refractivity (Wildman–Crippen MR) is 166 cm³/mol. The molecule has 0 spiro atoms. The number of esters is 1. The van der Waals surface area contributed by atoms with Gasteiger partial charge in [-0.1, -0.05) is 115 Å². The van der Waals surface area contributed by atoms with Crippen LogP contribution >= 0.6 is 0 Å². The van der Waals surface area contributed by atoms with Gasteiger partial charge in [0.05, 0.1) is 12.2 Å². The molecule has 1 atom stereocenters. The molecule has 0 aliphatic heterocycles. The molecule has 4 rings (SSSR count). The van der Waals surface area contributed by atoms with E-state index in [4.69, 9.17) is 9.47 Å². The van der Waals surface area contributed by atoms with E-state index < -0.39 is 0 Å². The molecule has 1 saturated carbocycles. The highest BCUT2D eigenvalue weighted by atomic mass is 16.5. The zero-order chi connectivity index (χ0) is 28.2. The molecule has 214 valence electrons. The van der Waals surface area contributed by atoms with Crippen molar-refractivity contribution in [2.75, 3.05) is 6.61 Å². The number of hydrogen-bond acceptors (Lipinski definition) is 3. The predicted octanol–water partition coefficient (Wildman–Crippen LogP) is 10.3. The minimum absolute atomic E-state index is 0.330. The standard InChI is InChI=1S/C37H48O3/c1-4-6-7-8-29-9-11-30(12-10-29)13-14-31-15-23-36(24-16-31)40-37(38)34-19-17-32(18-20-34)33-21-25-35(26-22-33)39-27-28(3)5-2/h15-26,28-30H,4-14,27H2,1-3H3/t28-,29?,30?/m0/s1. The zero-order valence-electron chi connectivity index (χ0n) is 24.9. The second kappa shape index (κ2) is 15.6. The summed E-state index contributed by atoms with van der Waals surface area (Å²) in [6, 6.07) is 23.8. The Morgan fingerprint density at radius 3 is 1.93 bits per heavy atom. The Kier molecular flexibility index (Phi) is 11.7. The van der Waals surface area contributed by atoms with E-state index in [0.29, 0.717) is 17.2 Å². The normalized spacial score (nSPS) is 17.8. The fourth-order valence-corrected chi connectivity index (χ4v) is 5.65. The van der Waals surface area contributed by atoms with Crippen LogP contribution in [0.4, 0.5) is 0 Å². The van der Waals surface area contributed by atoms with Gasteiger partial charge in [-0.2, -0.15) is 0 Å². The lowest BCUT2D eigenvalue weighted by atomic mass is 9.78. The van der Waals surface area contributed by atoms with E-state index in [0.717, 1.165) is 48.2 Å². The summed E-state index contributed by atoms with van der Waals surface area (Å²) >= 11 is 0. The van der Waals surface area contributed by atoms with Gasteiger partial charge < -0.3 is 9.47 Å². The van der Waals surface area contributed by atoms with Crippen LogP contribution in [0.3, 0.4) is 0 Å². The van der Waals surface area contributed by atoms with Crippen molar-refractivity contribution in [2.24, 2.45) is 17.8 Å². The molecule has 3 aromatic rings. The molecule has 3 heteroatoms. The monoisotopic (exact) mass is 540 g/mol. The molecular formula is C37H48O3. The molecular weight excluding hydrogens is 492 g/mol. The molecule has 1 fully saturated rings. The average Bonchev–Trinajstić information content (AvgIpc) is 3.00. The number of rotatable bonds is 14. The lowest BCUT2D eigenvalue weighted by Gasteiger charge is -2.28. The van der Waals surface area contributed by atoms with Crippen LogP contribution in [0.5, 0.6) is 11.5 Å². The van der Waals surface area contributed by atoms with Crippen LogP contribution in [0.1, 0.15) is 101 Å². The zero-order valence-corrected chi connectivity index (χ0v) is 24.9. The van der Waals surface area contributed by atoms with Crippen LogP contribution in [0.2, 0.25) is 0 Å². The third-order valence-electron chi connectivity index (χ3n) is 8.70. The number of carbonyl (C=O) groups excluding carboxylic acids is 1. The van der Waals surface area contributed by atoms with Gasteiger partial charge in [-0.15, -0.1) is 0 Å². The topological polar surface area (TPSA) is 35.5 Å². The largest absolute Gasteiger partial charge is 0.493 e. The van der Waals surface area contributed by atoms with E-state index in [9.17, 15) is 4.79 Å². The lowest BCUT2D eigenvalue weighted by molar-refractivity contribution is 0.0734. The van der Waals surface area contributed by atoms with Crippen LogP contribution in [-0.4, -0.2) is 12.6 Å². The molecule has 0 bridgehead atoms. The van der Waals surface area contributed by atoms with Crippen molar-refractivity contribution in [3.63, 3.8) is 0 Å². The van der Waals surface area contributed by atoms with E-state index in [1.165, 1.54) is 63.4 Å². The first-order valence-electron chi connectivity index (χ1n) is 15.7. The van der Waals surface area contributed by atoms with Gasteiger partial charge in [0.2, 0.25) is 0 Å². The summed E-state index contributed by atoms with van der Waals surface area (Å²) in [4.78, 5) is 12.7. The lowest BCUT2D eigenvalue weighted by Crippen LogP contribution is -2.15. The van der Waals surface area contributed by atoms with Crippen LogP contribution in [-0.2, 0) is 6.42 Å². The highest BCUT2D eigenvalue weighted by Crippen LogP contribution is 2.34. The number of benzene rings is 3. The SMILES string of the molecule is CCCCCC1CCC(CCc2ccc(OC(=O)c3ccc(-c4ccc(OC[C@@H](C)CC)cc4)cc3)cc2)CC1. The summed E-state index contributed by atoms with van der Waals surface area (Å²) < 4.78 is 11.5. The first-order chi connectivity index (χ1) is 19.5. The Bertz CT molecular complexity index is 1140. The molecule has 0 unspecified atom stereocenters. The van der Waals surface area contributed by atoms with E-state index in [-0.39, 0.29) is 5.97 Å². The Labute approximate surface area is 242 Å². The maximum atomic E-state index is 12.7. The Balaban J connectivity index is 1.21. The molecule has 0 amide bonds. The second-order valence-corrected chi connectivity index (χ2v) is 11.9. The van der Waals surface area contributed by atoms with Gasteiger partial charge in [0, 0.05) is 0 Å². The third kappa shape index (κ3) is 9.25. The molecule has 0 saturated heterocycles. The maximum Gasteiger partial charge on any atom is 0.343 e. The van der Waals surface area contributed by atoms with Crippen molar-refractivity contribution in [3.8, 4) is 22.6 Å². The summed E-state index contributed by atoms with van der Waals surface area (Å²) in [6.45, 7) is 7.39. The summed E-state index contributed by atoms with van der Waals surface area (Å²) in [5.74, 6) is 3.53. The van der Waals surface area contributed by atoms with E-state index in [1.807, 2.05) is 48.5 Å². The average molecular weight is 541 g/mol. The van der Waals surface area contributed by atoms with Gasteiger partial charge in [0.25, 0.3) is 0 Å². The second-order valence-electron chi connectivity index (χ2n) is 11.9. The Hall–Kier alpha value is -3.07. The van der Waals surface area contributed by atoms with Gasteiger partial charge in [0.1, 0.15) is 11.5 Å². The minimum atomic E-state index is -0.330. The van der Waals surface area contributed by atoms with Gasteiger partial charge in [0.15, 0.2) is 0 Å². The molecule has 3 aromatic carbocycles. The van der Waals surface area contributed by atoms with E-state index in [2.05, 4.69) is 45.0 Å². The summed E-state index contributed by atoms with van der Waals surface area (Å²) in [6.07, 6.45) is 14.7. The van der Waals surface area contributed by atoms with Crippen molar-refractivity contribution >= 4 is 5.97 Å². The van der Waals surface area contributed by atoms with Crippen LogP contribution in [0.25, 0.3) is 11.1 Å². The first-order valence-corrected chi connectivity index (χ1v) is 15.7.